The van der Waals surface area contributed by atoms with Crippen molar-refractivity contribution in [1.82, 2.24) is 24.6 Å². The molecule has 30 heavy (non-hydrogen) atoms. The van der Waals surface area contributed by atoms with Crippen molar-refractivity contribution in [2.24, 2.45) is 0 Å². The Morgan fingerprint density at radius 1 is 1.20 bits per heavy atom. The number of carbonyl (C=O) groups excluding carboxylic acids is 2. The molecule has 0 radical (unpaired) electrons. The minimum Gasteiger partial charge on any atom is -0.443 e. The van der Waals surface area contributed by atoms with Gasteiger partial charge in [0, 0.05) is 36.8 Å². The Morgan fingerprint density at radius 2 is 2.00 bits per heavy atom. The predicted molar refractivity (Wildman–Crippen MR) is 117 cm³/mol. The van der Waals surface area contributed by atoms with E-state index < -0.39 is 0 Å². The minimum atomic E-state index is -0.279. The van der Waals surface area contributed by atoms with Gasteiger partial charge in [-0.3, -0.25) is 9.59 Å². The number of rotatable bonds is 3. The van der Waals surface area contributed by atoms with Gasteiger partial charge in [-0.2, -0.15) is 0 Å². The molecule has 0 saturated carbocycles. The fraction of sp³-hybridized carbons (Fsp3) is 0.263. The fourth-order valence-corrected chi connectivity index (χ4v) is 4.05. The van der Waals surface area contributed by atoms with Crippen LogP contribution >= 0.6 is 43.5 Å². The van der Waals surface area contributed by atoms with Crippen LogP contribution in [0.15, 0.2) is 50.2 Å². The third-order valence-electron chi connectivity index (χ3n) is 4.79. The van der Waals surface area contributed by atoms with Crippen molar-refractivity contribution < 1.29 is 14.0 Å². The molecule has 8 nitrogen and oxygen atoms in total. The standard InChI is InChI=1S/C19H16Br2ClN5O3/c1-11-9-25(5-6-26(11)18(28)15-8-14(20)16(21)30-15)19(29)17-23-10-27(24-17)13-4-2-3-12(22)7-13/h2-4,7-8,10-11H,5-6,9H2,1H3/t11-/m0/s1. The lowest BCUT2D eigenvalue weighted by Gasteiger charge is -2.39. The number of hydrogen-bond donors (Lipinski definition) is 0. The van der Waals surface area contributed by atoms with Crippen LogP contribution < -0.4 is 0 Å². The summed E-state index contributed by atoms with van der Waals surface area (Å²) in [5.41, 5.74) is 0.716. The van der Waals surface area contributed by atoms with E-state index in [1.54, 1.807) is 34.1 Å². The normalized spacial score (nSPS) is 16.7. The average molecular weight is 558 g/mol. The maximum absolute atomic E-state index is 12.9. The van der Waals surface area contributed by atoms with E-state index in [-0.39, 0.29) is 29.4 Å². The first-order valence-electron chi connectivity index (χ1n) is 9.06. The summed E-state index contributed by atoms with van der Waals surface area (Å²) in [7, 11) is 0. The first-order valence-corrected chi connectivity index (χ1v) is 11.0. The van der Waals surface area contributed by atoms with Crippen LogP contribution in [-0.2, 0) is 0 Å². The van der Waals surface area contributed by atoms with Crippen LogP contribution in [0.5, 0.6) is 0 Å². The third-order valence-corrected chi connectivity index (χ3v) is 6.73. The average Bonchev–Trinajstić information content (AvgIpc) is 3.34. The van der Waals surface area contributed by atoms with Gasteiger partial charge in [0.15, 0.2) is 10.4 Å². The smallest absolute Gasteiger partial charge is 0.293 e. The second-order valence-corrected chi connectivity index (χ2v) is 8.83. The van der Waals surface area contributed by atoms with Crippen molar-refractivity contribution in [3.8, 4) is 5.69 Å². The molecular formula is C19H16Br2ClN5O3. The molecule has 4 rings (SSSR count). The molecule has 3 heterocycles. The molecule has 0 N–H and O–H groups in total. The van der Waals surface area contributed by atoms with Crippen LogP contribution in [0.1, 0.15) is 28.1 Å². The molecular weight excluding hydrogens is 542 g/mol. The van der Waals surface area contributed by atoms with E-state index in [9.17, 15) is 9.59 Å². The number of aromatic nitrogens is 3. The topological polar surface area (TPSA) is 84.5 Å². The second-order valence-electron chi connectivity index (χ2n) is 6.82. The Bertz CT molecular complexity index is 1100. The minimum absolute atomic E-state index is 0.0980. The summed E-state index contributed by atoms with van der Waals surface area (Å²) < 4.78 is 8.09. The highest BCUT2D eigenvalue weighted by atomic mass is 79.9. The second kappa shape index (κ2) is 8.52. The molecule has 1 aliphatic rings. The van der Waals surface area contributed by atoms with E-state index in [0.717, 1.165) is 0 Å². The first-order chi connectivity index (χ1) is 14.3. The fourth-order valence-electron chi connectivity index (χ4n) is 3.28. The van der Waals surface area contributed by atoms with E-state index in [1.165, 1.54) is 11.0 Å². The van der Waals surface area contributed by atoms with Gasteiger partial charge in [-0.1, -0.05) is 17.7 Å². The largest absolute Gasteiger partial charge is 0.443 e. The summed E-state index contributed by atoms with van der Waals surface area (Å²) in [5, 5.41) is 4.86. The Hall–Kier alpha value is -2.17. The van der Waals surface area contributed by atoms with E-state index >= 15 is 0 Å². The van der Waals surface area contributed by atoms with E-state index in [0.29, 0.717) is 39.5 Å². The highest BCUT2D eigenvalue weighted by Crippen LogP contribution is 2.28. The molecule has 0 unspecified atom stereocenters. The van der Waals surface area contributed by atoms with Crippen LogP contribution in [0.3, 0.4) is 0 Å². The van der Waals surface area contributed by atoms with Crippen LogP contribution in [0.25, 0.3) is 5.69 Å². The van der Waals surface area contributed by atoms with Crippen LogP contribution in [0, 0.1) is 0 Å². The summed E-state index contributed by atoms with van der Waals surface area (Å²) in [4.78, 5) is 33.1. The van der Waals surface area contributed by atoms with Crippen molar-refractivity contribution in [2.45, 2.75) is 13.0 Å². The van der Waals surface area contributed by atoms with Crippen LogP contribution in [0.2, 0.25) is 5.02 Å². The van der Waals surface area contributed by atoms with Crippen LogP contribution in [0.4, 0.5) is 0 Å². The van der Waals surface area contributed by atoms with Gasteiger partial charge in [0.25, 0.3) is 11.8 Å². The molecule has 3 aromatic rings. The summed E-state index contributed by atoms with van der Waals surface area (Å²) in [6.45, 7) is 3.03. The van der Waals surface area contributed by atoms with Crippen molar-refractivity contribution in [3.63, 3.8) is 0 Å². The molecule has 0 bridgehead atoms. The van der Waals surface area contributed by atoms with Crippen molar-refractivity contribution in [3.05, 3.63) is 62.4 Å². The summed E-state index contributed by atoms with van der Waals surface area (Å²) in [6, 6.07) is 8.57. The predicted octanol–water partition coefficient (Wildman–Crippen LogP) is 4.03. The highest BCUT2D eigenvalue weighted by Gasteiger charge is 2.33. The third kappa shape index (κ3) is 4.17. The summed E-state index contributed by atoms with van der Waals surface area (Å²) >= 11 is 12.6. The molecule has 2 amide bonds. The van der Waals surface area contributed by atoms with Gasteiger partial charge in [0.1, 0.15) is 6.33 Å². The van der Waals surface area contributed by atoms with Gasteiger partial charge < -0.3 is 14.2 Å². The zero-order chi connectivity index (χ0) is 21.4. The number of benzene rings is 1. The van der Waals surface area contributed by atoms with Gasteiger partial charge >= 0.3 is 0 Å². The Balaban J connectivity index is 1.44. The Labute approximate surface area is 194 Å². The SMILES string of the molecule is C[C@H]1CN(C(=O)c2ncn(-c3cccc(Cl)c3)n2)CCN1C(=O)c1cc(Br)c(Br)o1. The lowest BCUT2D eigenvalue weighted by Crippen LogP contribution is -2.55. The lowest BCUT2D eigenvalue weighted by molar-refractivity contribution is 0.0389. The van der Waals surface area contributed by atoms with Gasteiger partial charge in [-0.15, -0.1) is 5.10 Å². The monoisotopic (exact) mass is 555 g/mol. The number of nitrogens with zero attached hydrogens (tertiary/aromatic N) is 5. The van der Waals surface area contributed by atoms with Crippen LogP contribution in [-0.4, -0.2) is 62.1 Å². The van der Waals surface area contributed by atoms with Gasteiger partial charge in [-0.25, -0.2) is 9.67 Å². The Morgan fingerprint density at radius 3 is 2.67 bits per heavy atom. The molecule has 0 spiro atoms. The maximum atomic E-state index is 12.9. The van der Waals surface area contributed by atoms with E-state index in [4.69, 9.17) is 16.0 Å². The number of amides is 2. The summed E-state index contributed by atoms with van der Waals surface area (Å²) in [5.74, 6) is -0.161. The van der Waals surface area contributed by atoms with E-state index in [1.807, 2.05) is 13.0 Å². The van der Waals surface area contributed by atoms with E-state index in [2.05, 4.69) is 41.9 Å². The summed E-state index contributed by atoms with van der Waals surface area (Å²) in [6.07, 6.45) is 1.48. The zero-order valence-electron chi connectivity index (χ0n) is 15.8. The molecule has 1 saturated heterocycles. The molecule has 1 atom stereocenters. The Kier molecular flexibility index (Phi) is 5.99. The molecule has 1 aromatic carbocycles. The van der Waals surface area contributed by atoms with Gasteiger partial charge in [-0.05, 0) is 57.0 Å². The quantitative estimate of drug-likeness (QED) is 0.486. The van der Waals surface area contributed by atoms with Gasteiger partial charge in [0.2, 0.25) is 5.82 Å². The van der Waals surface area contributed by atoms with Crippen molar-refractivity contribution in [1.29, 1.82) is 0 Å². The molecule has 0 aliphatic carbocycles. The maximum Gasteiger partial charge on any atom is 0.293 e. The lowest BCUT2D eigenvalue weighted by atomic mass is 10.1. The highest BCUT2D eigenvalue weighted by molar-refractivity contribution is 9.13. The molecule has 156 valence electrons. The zero-order valence-corrected chi connectivity index (χ0v) is 19.7. The first kappa shape index (κ1) is 21.1. The molecule has 1 aliphatic heterocycles. The molecule has 2 aromatic heterocycles. The number of halogens is 3. The van der Waals surface area contributed by atoms with Crippen molar-refractivity contribution in [2.75, 3.05) is 19.6 Å². The number of hydrogen-bond acceptors (Lipinski definition) is 5. The van der Waals surface area contributed by atoms with Gasteiger partial charge in [0.05, 0.1) is 10.2 Å². The molecule has 1 fully saturated rings. The van der Waals surface area contributed by atoms with Crippen molar-refractivity contribution >= 4 is 55.3 Å². The molecule has 11 heteroatoms. The number of piperazine rings is 1. The number of carbonyl (C=O) groups is 2. The number of furan rings is 1.